The number of aromatic nitrogens is 2. The van der Waals surface area contributed by atoms with E-state index in [2.05, 4.69) is 16.5 Å². The number of para-hydroxylation sites is 1. The minimum Gasteiger partial charge on any atom is -0.352 e. The molecule has 5 heteroatoms. The van der Waals surface area contributed by atoms with Crippen LogP contribution < -0.4 is 5.32 Å². The van der Waals surface area contributed by atoms with E-state index in [1.807, 2.05) is 48.7 Å². The Balaban J connectivity index is 1.49. The summed E-state index contributed by atoms with van der Waals surface area (Å²) in [5.74, 6) is -0.0187. The fourth-order valence-corrected chi connectivity index (χ4v) is 2.51. The molecule has 0 aliphatic heterocycles. The molecule has 0 saturated carbocycles. The predicted molar refractivity (Wildman–Crippen MR) is 94.9 cm³/mol. The number of carbonyl (C=O) groups excluding carboxylic acids is 1. The monoisotopic (exact) mass is 330 g/mol. The lowest BCUT2D eigenvalue weighted by Crippen LogP contribution is -2.22. The fourth-order valence-electron chi connectivity index (χ4n) is 2.51. The summed E-state index contributed by atoms with van der Waals surface area (Å²) in [7, 11) is 0. The number of amides is 1. The predicted octanol–water partition coefficient (Wildman–Crippen LogP) is 2.99. The Kier molecular flexibility index (Phi) is 5.22. The molecule has 1 N–H and O–H groups in total. The maximum atomic E-state index is 12.0. The largest absolute Gasteiger partial charge is 0.352 e. The highest BCUT2D eigenvalue weighted by molar-refractivity contribution is 5.76. The minimum absolute atomic E-state index is 0.0187. The van der Waals surface area contributed by atoms with Crippen molar-refractivity contribution in [3.63, 3.8) is 0 Å². The number of nitriles is 1. The third kappa shape index (κ3) is 4.55. The molecule has 0 bridgehead atoms. The Morgan fingerprint density at radius 1 is 1.12 bits per heavy atom. The van der Waals surface area contributed by atoms with Gasteiger partial charge in [0.2, 0.25) is 5.91 Å². The Labute approximate surface area is 146 Å². The minimum atomic E-state index is -0.0187. The number of carbonyl (C=O) groups is 1. The van der Waals surface area contributed by atoms with Gasteiger partial charge in [-0.3, -0.25) is 4.79 Å². The van der Waals surface area contributed by atoms with Crippen LogP contribution >= 0.6 is 0 Å². The molecule has 1 aromatic heterocycles. The lowest BCUT2D eigenvalue weighted by atomic mass is 10.1. The quantitative estimate of drug-likeness (QED) is 0.755. The van der Waals surface area contributed by atoms with Gasteiger partial charge in [-0.15, -0.1) is 0 Å². The first-order valence-corrected chi connectivity index (χ1v) is 8.09. The Hall–Kier alpha value is -3.39. The van der Waals surface area contributed by atoms with E-state index in [1.165, 1.54) is 0 Å². The van der Waals surface area contributed by atoms with Crippen molar-refractivity contribution in [1.82, 2.24) is 15.1 Å². The molecule has 0 saturated heterocycles. The molecule has 1 heterocycles. The van der Waals surface area contributed by atoms with E-state index < -0.39 is 0 Å². The van der Waals surface area contributed by atoms with Crippen LogP contribution in [0.1, 0.15) is 23.1 Å². The van der Waals surface area contributed by atoms with E-state index in [9.17, 15) is 4.79 Å². The second kappa shape index (κ2) is 7.93. The van der Waals surface area contributed by atoms with Crippen molar-refractivity contribution < 1.29 is 4.79 Å². The Morgan fingerprint density at radius 2 is 1.96 bits per heavy atom. The maximum absolute atomic E-state index is 12.0. The van der Waals surface area contributed by atoms with Crippen LogP contribution in [-0.2, 0) is 17.8 Å². The van der Waals surface area contributed by atoms with Gasteiger partial charge in [-0.2, -0.15) is 10.4 Å². The summed E-state index contributed by atoms with van der Waals surface area (Å²) >= 11 is 0. The van der Waals surface area contributed by atoms with Gasteiger partial charge < -0.3 is 5.32 Å². The molecule has 0 aliphatic carbocycles. The SMILES string of the molecule is N#Cc1cccc(CNC(=O)CCc2cnn(-c3ccccc3)c2)c1. The van der Waals surface area contributed by atoms with Crippen molar-refractivity contribution in [2.75, 3.05) is 0 Å². The number of nitrogens with zero attached hydrogens (tertiary/aromatic N) is 3. The highest BCUT2D eigenvalue weighted by Crippen LogP contribution is 2.09. The highest BCUT2D eigenvalue weighted by Gasteiger charge is 2.05. The van der Waals surface area contributed by atoms with Crippen LogP contribution in [0.3, 0.4) is 0 Å². The number of benzene rings is 2. The third-order valence-corrected chi connectivity index (χ3v) is 3.84. The standard InChI is InChI=1S/C20H18N4O/c21-12-16-5-4-6-17(11-16)13-22-20(25)10-9-18-14-23-24(15-18)19-7-2-1-3-8-19/h1-8,11,14-15H,9-10,13H2,(H,22,25). The lowest BCUT2D eigenvalue weighted by Gasteiger charge is -2.05. The second-order valence-corrected chi connectivity index (χ2v) is 5.72. The van der Waals surface area contributed by atoms with Crippen molar-refractivity contribution in [2.45, 2.75) is 19.4 Å². The van der Waals surface area contributed by atoms with E-state index in [4.69, 9.17) is 5.26 Å². The van der Waals surface area contributed by atoms with Crippen LogP contribution in [0.15, 0.2) is 67.0 Å². The second-order valence-electron chi connectivity index (χ2n) is 5.72. The summed E-state index contributed by atoms with van der Waals surface area (Å²) in [5, 5.41) is 16.1. The van der Waals surface area contributed by atoms with Gasteiger partial charge in [-0.1, -0.05) is 30.3 Å². The number of rotatable bonds is 6. The van der Waals surface area contributed by atoms with Crippen molar-refractivity contribution in [2.24, 2.45) is 0 Å². The maximum Gasteiger partial charge on any atom is 0.220 e. The molecular formula is C20H18N4O. The molecule has 0 fully saturated rings. The van der Waals surface area contributed by atoms with E-state index >= 15 is 0 Å². The first-order chi connectivity index (χ1) is 12.2. The van der Waals surface area contributed by atoms with Crippen LogP contribution in [0.4, 0.5) is 0 Å². The summed E-state index contributed by atoms with van der Waals surface area (Å²) in [6, 6.07) is 19.2. The molecule has 0 atom stereocenters. The molecule has 0 aliphatic rings. The summed E-state index contributed by atoms with van der Waals surface area (Å²) in [6.45, 7) is 0.428. The van der Waals surface area contributed by atoms with Gasteiger partial charge in [-0.25, -0.2) is 4.68 Å². The normalized spacial score (nSPS) is 10.2. The zero-order valence-corrected chi connectivity index (χ0v) is 13.7. The van der Waals surface area contributed by atoms with Crippen LogP contribution in [0, 0.1) is 11.3 Å². The van der Waals surface area contributed by atoms with Gasteiger partial charge >= 0.3 is 0 Å². The number of aryl methyl sites for hydroxylation is 1. The van der Waals surface area contributed by atoms with Gasteiger partial charge in [-0.05, 0) is 41.8 Å². The highest BCUT2D eigenvalue weighted by atomic mass is 16.1. The van der Waals surface area contributed by atoms with E-state index in [-0.39, 0.29) is 5.91 Å². The van der Waals surface area contributed by atoms with Crippen LogP contribution in [-0.4, -0.2) is 15.7 Å². The molecule has 124 valence electrons. The van der Waals surface area contributed by atoms with Gasteiger partial charge in [0, 0.05) is 19.2 Å². The molecule has 3 rings (SSSR count). The van der Waals surface area contributed by atoms with Crippen LogP contribution in [0.25, 0.3) is 5.69 Å². The summed E-state index contributed by atoms with van der Waals surface area (Å²) in [5.41, 5.74) is 3.53. The van der Waals surface area contributed by atoms with Gasteiger partial charge in [0.1, 0.15) is 0 Å². The summed E-state index contributed by atoms with van der Waals surface area (Å²) in [4.78, 5) is 12.0. The van der Waals surface area contributed by atoms with Gasteiger partial charge in [0.25, 0.3) is 0 Å². The summed E-state index contributed by atoms with van der Waals surface area (Å²) in [6.07, 6.45) is 4.77. The van der Waals surface area contributed by atoms with Crippen molar-refractivity contribution in [3.05, 3.63) is 83.7 Å². The molecule has 25 heavy (non-hydrogen) atoms. The Morgan fingerprint density at radius 3 is 2.76 bits per heavy atom. The molecule has 0 spiro atoms. The van der Waals surface area contributed by atoms with Crippen molar-refractivity contribution in [1.29, 1.82) is 5.26 Å². The number of nitrogens with one attached hydrogen (secondary N) is 1. The molecule has 2 aromatic carbocycles. The Bertz CT molecular complexity index is 893. The number of hydrogen-bond acceptors (Lipinski definition) is 3. The first-order valence-electron chi connectivity index (χ1n) is 8.09. The first kappa shape index (κ1) is 16.5. The van der Waals surface area contributed by atoms with E-state index in [0.29, 0.717) is 24.9 Å². The third-order valence-electron chi connectivity index (χ3n) is 3.84. The van der Waals surface area contributed by atoms with Gasteiger partial charge in [0.15, 0.2) is 0 Å². The zero-order chi connectivity index (χ0) is 17.5. The molecule has 0 radical (unpaired) electrons. The van der Waals surface area contributed by atoms with Gasteiger partial charge in [0.05, 0.1) is 23.5 Å². The van der Waals surface area contributed by atoms with E-state index in [1.54, 1.807) is 23.0 Å². The fraction of sp³-hybridized carbons (Fsp3) is 0.150. The number of hydrogen-bond donors (Lipinski definition) is 1. The summed E-state index contributed by atoms with van der Waals surface area (Å²) < 4.78 is 1.81. The lowest BCUT2D eigenvalue weighted by molar-refractivity contribution is -0.121. The molecular weight excluding hydrogens is 312 g/mol. The molecule has 0 unspecified atom stereocenters. The van der Waals surface area contributed by atoms with Crippen molar-refractivity contribution in [3.8, 4) is 11.8 Å². The molecule has 3 aromatic rings. The van der Waals surface area contributed by atoms with E-state index in [0.717, 1.165) is 16.8 Å². The smallest absolute Gasteiger partial charge is 0.220 e. The average molecular weight is 330 g/mol. The molecule has 1 amide bonds. The van der Waals surface area contributed by atoms with Crippen molar-refractivity contribution >= 4 is 5.91 Å². The van der Waals surface area contributed by atoms with Crippen LogP contribution in [0.2, 0.25) is 0 Å². The molecule has 5 nitrogen and oxygen atoms in total. The topological polar surface area (TPSA) is 70.7 Å². The van der Waals surface area contributed by atoms with Crippen LogP contribution in [0.5, 0.6) is 0 Å². The average Bonchev–Trinajstić information content (AvgIpc) is 3.15. The zero-order valence-electron chi connectivity index (χ0n) is 13.7.